The number of nitrogens with zero attached hydrogens (tertiary/aromatic N) is 1. The van der Waals surface area contributed by atoms with Crippen LogP contribution in [0.5, 0.6) is 5.75 Å². The molecule has 498 valence electrons. The number of carbonyl (C=O) groups excluding carboxylic acids is 8. The molecule has 93 heavy (non-hydrogen) atoms. The minimum atomic E-state index is -1.84. The highest BCUT2D eigenvalue weighted by Crippen LogP contribution is 2.53. The molecule has 8 N–H and O–H groups in total. The van der Waals surface area contributed by atoms with Gasteiger partial charge in [0.15, 0.2) is 0 Å². The topological polar surface area (TPSA) is 312 Å². The van der Waals surface area contributed by atoms with Crippen molar-refractivity contribution in [2.24, 2.45) is 5.41 Å². The van der Waals surface area contributed by atoms with Crippen LogP contribution in [0.1, 0.15) is 79.1 Å². The number of anilines is 2. The van der Waals surface area contributed by atoms with E-state index in [9.17, 15) is 43.6 Å². The third-order valence-electron chi connectivity index (χ3n) is 14.5. The summed E-state index contributed by atoms with van der Waals surface area (Å²) >= 11 is 12.4. The van der Waals surface area contributed by atoms with E-state index in [-0.39, 0.29) is 123 Å². The third kappa shape index (κ3) is 22.9. The van der Waals surface area contributed by atoms with Gasteiger partial charge in [0.25, 0.3) is 5.91 Å². The number of hydrogen-bond acceptors (Lipinski definition) is 16. The van der Waals surface area contributed by atoms with Crippen molar-refractivity contribution >= 4 is 81.9 Å². The van der Waals surface area contributed by atoms with Gasteiger partial charge >= 0.3 is 5.97 Å². The van der Waals surface area contributed by atoms with Crippen molar-refractivity contribution in [1.29, 1.82) is 5.26 Å². The first-order valence-electron chi connectivity index (χ1n) is 29.8. The first-order valence-corrected chi connectivity index (χ1v) is 30.6. The molecule has 5 aromatic rings. The van der Waals surface area contributed by atoms with Crippen molar-refractivity contribution in [3.8, 4) is 11.8 Å². The molecule has 0 saturated carbocycles. The standard InChI is InChI=1S/C66H77Cl2F2N9O14/c1-41(80)93-39-43-14-18-46(19-15-43)76-57(83)38-75-63(86)52(32-42-10-7-6-8-11-42)77-58(84)37-74-56(82)36-73-55(81)22-24-89-26-28-91-30-31-92-29-27-90-25-23-72-62(85)44-16-21-51(53(33-44)88-5)78-64(87)61-59(47-12-9-13-49(68)60(47)70)66(40-71,54(79-61)35-65(2,3)4)48-20-17-45(67)34-50(48)69/h6-21,33-34,52,54,59,61,79H,22-32,35-39H2,1-5H3,(H,72,85)(H,73,81)(H,74,82)(H,75,86)(H,76,83)(H,77,84)(H,78,87)/t52-,54-,59-,61+,66-/m0/s1. The van der Waals surface area contributed by atoms with Gasteiger partial charge in [0.2, 0.25) is 35.4 Å². The molecule has 1 fully saturated rings. The third-order valence-corrected chi connectivity index (χ3v) is 15.0. The van der Waals surface area contributed by atoms with Gasteiger partial charge in [-0.3, -0.25) is 38.4 Å². The number of nitrogens with one attached hydrogen (secondary N) is 8. The second-order valence-electron chi connectivity index (χ2n) is 22.7. The zero-order valence-electron chi connectivity index (χ0n) is 52.2. The highest BCUT2D eigenvalue weighted by molar-refractivity contribution is 6.31. The fourth-order valence-corrected chi connectivity index (χ4v) is 10.5. The summed E-state index contributed by atoms with van der Waals surface area (Å²) in [6, 6.07) is 27.0. The Balaban J connectivity index is 0.819. The van der Waals surface area contributed by atoms with Crippen LogP contribution in [0.4, 0.5) is 20.2 Å². The molecule has 5 atom stereocenters. The Hall–Kier alpha value is -8.61. The molecule has 0 spiro atoms. The number of halogens is 4. The summed E-state index contributed by atoms with van der Waals surface area (Å²) in [5.41, 5.74) is -0.165. The average molecular weight is 1330 g/mol. The van der Waals surface area contributed by atoms with Crippen LogP contribution in [-0.4, -0.2) is 152 Å². The zero-order valence-corrected chi connectivity index (χ0v) is 53.7. The number of hydrogen-bond donors (Lipinski definition) is 8. The van der Waals surface area contributed by atoms with Crippen LogP contribution in [0, 0.1) is 28.4 Å². The molecule has 0 aromatic heterocycles. The lowest BCUT2D eigenvalue weighted by atomic mass is 9.62. The van der Waals surface area contributed by atoms with E-state index < -0.39 is 113 Å². The largest absolute Gasteiger partial charge is 0.495 e. The monoisotopic (exact) mass is 1330 g/mol. The number of nitriles is 1. The molecule has 23 nitrogen and oxygen atoms in total. The van der Waals surface area contributed by atoms with Gasteiger partial charge in [0.05, 0.1) is 102 Å². The molecule has 6 rings (SSSR count). The predicted octanol–water partition coefficient (Wildman–Crippen LogP) is 6.20. The number of methoxy groups -OCH3 is 1. The van der Waals surface area contributed by atoms with E-state index in [0.717, 1.165) is 11.6 Å². The van der Waals surface area contributed by atoms with Gasteiger partial charge < -0.3 is 71.0 Å². The van der Waals surface area contributed by atoms with Crippen LogP contribution in [-0.2, 0) is 75.7 Å². The van der Waals surface area contributed by atoms with Gasteiger partial charge in [-0.05, 0) is 77.1 Å². The maximum Gasteiger partial charge on any atom is 0.302 e. The number of esters is 1. The normalized spacial score (nSPS) is 16.2. The number of ether oxygens (including phenoxy) is 6. The summed E-state index contributed by atoms with van der Waals surface area (Å²) in [7, 11) is 1.36. The molecule has 7 amide bonds. The van der Waals surface area contributed by atoms with Crippen LogP contribution >= 0.6 is 23.2 Å². The fourth-order valence-electron chi connectivity index (χ4n) is 10.1. The van der Waals surface area contributed by atoms with E-state index in [1.807, 2.05) is 20.8 Å². The van der Waals surface area contributed by atoms with Gasteiger partial charge in [-0.1, -0.05) is 105 Å². The average Bonchev–Trinajstić information content (AvgIpc) is 1.59. The first kappa shape index (κ1) is 73.4. The molecule has 1 heterocycles. The summed E-state index contributed by atoms with van der Waals surface area (Å²) in [5.74, 6) is -7.38. The molecule has 1 aliphatic rings. The molecule has 0 radical (unpaired) electrons. The molecule has 1 saturated heterocycles. The lowest BCUT2D eigenvalue weighted by Crippen LogP contribution is -2.52. The van der Waals surface area contributed by atoms with Gasteiger partial charge in [-0.25, -0.2) is 8.78 Å². The van der Waals surface area contributed by atoms with Crippen molar-refractivity contribution in [2.45, 2.75) is 83.0 Å². The molecule has 0 unspecified atom stereocenters. The Morgan fingerprint density at radius 2 is 1.33 bits per heavy atom. The predicted molar refractivity (Wildman–Crippen MR) is 341 cm³/mol. The van der Waals surface area contributed by atoms with E-state index in [1.54, 1.807) is 54.6 Å². The quantitative estimate of drug-likeness (QED) is 0.0165. The van der Waals surface area contributed by atoms with Crippen molar-refractivity contribution in [3.05, 3.63) is 159 Å². The maximum atomic E-state index is 16.2. The number of amides is 7. The Kier molecular flexibility index (Phi) is 28.9. The van der Waals surface area contributed by atoms with Gasteiger partial charge in [-0.15, -0.1) is 0 Å². The van der Waals surface area contributed by atoms with E-state index >= 15 is 8.78 Å². The van der Waals surface area contributed by atoms with E-state index in [2.05, 4.69) is 48.6 Å². The van der Waals surface area contributed by atoms with Crippen LogP contribution in [0.2, 0.25) is 10.0 Å². The molecular formula is C66H77Cl2F2N9O14. The highest BCUT2D eigenvalue weighted by Gasteiger charge is 2.61. The van der Waals surface area contributed by atoms with Gasteiger partial charge in [-0.2, -0.15) is 5.26 Å². The zero-order chi connectivity index (χ0) is 67.5. The van der Waals surface area contributed by atoms with Crippen molar-refractivity contribution in [1.82, 2.24) is 31.9 Å². The summed E-state index contributed by atoms with van der Waals surface area (Å²) in [5, 5.41) is 32.5. The molecule has 0 bridgehead atoms. The number of carbonyl (C=O) groups is 8. The SMILES string of the molecule is COc1cc(C(=O)NCCOCCOCCOCCOCCC(=O)NCC(=O)NCC(=O)N[C@@H](Cc2ccccc2)C(=O)NCC(=O)Nc2ccc(COC(C)=O)cc2)ccc1NC(=O)[C@@H]1N[C@@H](CC(C)(C)C)[C@](C#N)(c2ccc(Cl)cc2F)[C@H]1c1cccc(Cl)c1F. The van der Waals surface area contributed by atoms with Gasteiger partial charge in [0, 0.05) is 60.1 Å². The lowest BCUT2D eigenvalue weighted by Gasteiger charge is -2.37. The second kappa shape index (κ2) is 36.6. The maximum absolute atomic E-state index is 16.2. The summed E-state index contributed by atoms with van der Waals surface area (Å²) in [6.07, 6.45) is 0.310. The highest BCUT2D eigenvalue weighted by atomic mass is 35.5. The van der Waals surface area contributed by atoms with E-state index in [4.69, 9.17) is 51.6 Å². The molecule has 5 aromatic carbocycles. The first-order chi connectivity index (χ1) is 44.5. The van der Waals surface area contributed by atoms with E-state index in [1.165, 1.54) is 62.6 Å². The second-order valence-corrected chi connectivity index (χ2v) is 23.5. The van der Waals surface area contributed by atoms with E-state index in [0.29, 0.717) is 11.3 Å². The minimum absolute atomic E-state index is 0.0480. The molecule has 27 heteroatoms. The lowest BCUT2D eigenvalue weighted by molar-refractivity contribution is -0.142. The Morgan fingerprint density at radius 3 is 1.98 bits per heavy atom. The number of rotatable bonds is 35. The Bertz CT molecular complexity index is 3430. The van der Waals surface area contributed by atoms with Crippen LogP contribution in [0.25, 0.3) is 0 Å². The molecule has 0 aliphatic carbocycles. The van der Waals surface area contributed by atoms with Crippen LogP contribution in [0.15, 0.2) is 109 Å². The summed E-state index contributed by atoms with van der Waals surface area (Å²) in [4.78, 5) is 102. The minimum Gasteiger partial charge on any atom is -0.495 e. The van der Waals surface area contributed by atoms with Crippen LogP contribution in [0.3, 0.4) is 0 Å². The summed E-state index contributed by atoms with van der Waals surface area (Å²) < 4.78 is 64.9. The van der Waals surface area contributed by atoms with Crippen molar-refractivity contribution in [3.63, 3.8) is 0 Å². The van der Waals surface area contributed by atoms with Crippen molar-refractivity contribution < 1.29 is 75.6 Å². The molecular weight excluding hydrogens is 1250 g/mol. The van der Waals surface area contributed by atoms with Gasteiger partial charge in [0.1, 0.15) is 35.4 Å². The van der Waals surface area contributed by atoms with Crippen LogP contribution < -0.4 is 47.3 Å². The fraction of sp³-hybridized carbons (Fsp3) is 0.409. The molecule has 1 aliphatic heterocycles. The van der Waals surface area contributed by atoms with Crippen molar-refractivity contribution in [2.75, 3.05) is 96.8 Å². The summed E-state index contributed by atoms with van der Waals surface area (Å²) in [6.45, 7) is 7.61. The number of benzene rings is 5. The smallest absolute Gasteiger partial charge is 0.302 e. The Labute approximate surface area is 547 Å². The Morgan fingerprint density at radius 1 is 0.688 bits per heavy atom.